The Morgan fingerprint density at radius 3 is 2.67 bits per heavy atom. The number of benzene rings is 1. The summed E-state index contributed by atoms with van der Waals surface area (Å²) in [5, 5.41) is 0. The van der Waals surface area contributed by atoms with Gasteiger partial charge in [0.05, 0.1) is 0 Å². The van der Waals surface area contributed by atoms with Crippen LogP contribution in [0.2, 0.25) is 0 Å². The number of hydrogen-bond acceptors (Lipinski definition) is 2. The van der Waals surface area contributed by atoms with Crippen molar-refractivity contribution in [3.8, 4) is 0 Å². The monoisotopic (exact) mass is 270 g/mol. The molecule has 1 aromatic carbocycles. The molecule has 0 radical (unpaired) electrons. The van der Waals surface area contributed by atoms with E-state index in [-0.39, 0.29) is 0 Å². The molecule has 0 atom stereocenters. The average molecular weight is 271 g/mol. The van der Waals surface area contributed by atoms with E-state index in [2.05, 4.69) is 52.9 Å². The Morgan fingerprint density at radius 1 is 1.40 bits per heavy atom. The molecule has 2 nitrogen and oxygen atoms in total. The lowest BCUT2D eigenvalue weighted by Crippen LogP contribution is -2.29. The maximum atomic E-state index is 5.57. The average Bonchev–Trinajstić information content (AvgIpc) is 2.21. The second kappa shape index (κ2) is 6.26. The number of hydrogen-bond donors (Lipinski definition) is 1. The fourth-order valence-corrected chi connectivity index (χ4v) is 2.08. The van der Waals surface area contributed by atoms with Gasteiger partial charge in [-0.25, -0.2) is 0 Å². The second-order valence-corrected chi connectivity index (χ2v) is 4.64. The Balaban J connectivity index is 2.70. The van der Waals surface area contributed by atoms with Gasteiger partial charge < -0.3 is 5.73 Å². The summed E-state index contributed by atoms with van der Waals surface area (Å²) in [5.41, 5.74) is 8.29. The number of rotatable bonds is 5. The molecule has 0 aromatic heterocycles. The molecular weight excluding hydrogens is 252 g/mol. The van der Waals surface area contributed by atoms with E-state index in [0.29, 0.717) is 0 Å². The zero-order valence-corrected chi connectivity index (χ0v) is 11.0. The molecule has 0 aliphatic rings. The van der Waals surface area contributed by atoms with Gasteiger partial charge in [0, 0.05) is 24.1 Å². The van der Waals surface area contributed by atoms with E-state index in [9.17, 15) is 0 Å². The fourth-order valence-electron chi connectivity index (χ4n) is 1.61. The summed E-state index contributed by atoms with van der Waals surface area (Å²) < 4.78 is 1.14. The van der Waals surface area contributed by atoms with E-state index in [0.717, 1.165) is 30.7 Å². The predicted molar refractivity (Wildman–Crippen MR) is 68.9 cm³/mol. The molecule has 3 heteroatoms. The molecule has 0 aliphatic heterocycles. The minimum absolute atomic E-state index is 0.726. The zero-order valence-electron chi connectivity index (χ0n) is 9.46. The van der Waals surface area contributed by atoms with Crippen molar-refractivity contribution in [3.63, 3.8) is 0 Å². The van der Waals surface area contributed by atoms with E-state index in [4.69, 9.17) is 5.73 Å². The van der Waals surface area contributed by atoms with Crippen LogP contribution in [0.4, 0.5) is 0 Å². The van der Waals surface area contributed by atoms with Crippen LogP contribution in [0, 0.1) is 6.92 Å². The van der Waals surface area contributed by atoms with E-state index >= 15 is 0 Å². The van der Waals surface area contributed by atoms with Crippen LogP contribution in [0.25, 0.3) is 0 Å². The van der Waals surface area contributed by atoms with Gasteiger partial charge in [-0.1, -0.05) is 28.9 Å². The number of likely N-dealkylation sites (N-methyl/N-ethyl adjacent to an activating group) is 1. The summed E-state index contributed by atoms with van der Waals surface area (Å²) in [7, 11) is 0. The van der Waals surface area contributed by atoms with Crippen molar-refractivity contribution in [2.75, 3.05) is 19.6 Å². The molecule has 0 fully saturated rings. The van der Waals surface area contributed by atoms with Crippen LogP contribution >= 0.6 is 15.9 Å². The molecular formula is C12H19BrN2. The standard InChI is InChI=1S/C12H19BrN2/c1-3-15(7-6-14)9-11-4-5-12(13)8-10(11)2/h4-5,8H,3,6-7,9,14H2,1-2H3. The lowest BCUT2D eigenvalue weighted by atomic mass is 10.1. The van der Waals surface area contributed by atoms with Crippen LogP contribution in [0.1, 0.15) is 18.1 Å². The van der Waals surface area contributed by atoms with E-state index in [1.54, 1.807) is 0 Å². The minimum Gasteiger partial charge on any atom is -0.329 e. The molecule has 84 valence electrons. The van der Waals surface area contributed by atoms with E-state index < -0.39 is 0 Å². The molecule has 0 unspecified atom stereocenters. The predicted octanol–water partition coefficient (Wildman–Crippen LogP) is 2.54. The number of nitrogens with zero attached hydrogens (tertiary/aromatic N) is 1. The molecule has 0 heterocycles. The third kappa shape index (κ3) is 3.93. The quantitative estimate of drug-likeness (QED) is 0.891. The van der Waals surface area contributed by atoms with Crippen molar-refractivity contribution in [2.45, 2.75) is 20.4 Å². The summed E-state index contributed by atoms with van der Waals surface area (Å²) in [6, 6.07) is 6.43. The molecule has 0 amide bonds. The SMILES string of the molecule is CCN(CCN)Cc1ccc(Br)cc1C. The van der Waals surface area contributed by atoms with Crippen LogP contribution in [0.15, 0.2) is 22.7 Å². The molecule has 1 rings (SSSR count). The van der Waals surface area contributed by atoms with E-state index in [1.165, 1.54) is 11.1 Å². The van der Waals surface area contributed by atoms with Crippen molar-refractivity contribution in [2.24, 2.45) is 5.73 Å². The lowest BCUT2D eigenvalue weighted by Gasteiger charge is -2.20. The number of nitrogens with two attached hydrogens (primary N) is 1. The summed E-state index contributed by atoms with van der Waals surface area (Å²) in [4.78, 5) is 2.36. The topological polar surface area (TPSA) is 29.3 Å². The summed E-state index contributed by atoms with van der Waals surface area (Å²) in [6.07, 6.45) is 0. The molecule has 0 aliphatic carbocycles. The highest BCUT2D eigenvalue weighted by atomic mass is 79.9. The third-order valence-electron chi connectivity index (χ3n) is 2.59. The summed E-state index contributed by atoms with van der Waals surface area (Å²) in [6.45, 7) is 8.05. The van der Waals surface area contributed by atoms with Crippen molar-refractivity contribution in [1.29, 1.82) is 0 Å². The van der Waals surface area contributed by atoms with Crippen LogP contribution in [0.3, 0.4) is 0 Å². The van der Waals surface area contributed by atoms with Gasteiger partial charge in [-0.2, -0.15) is 0 Å². The summed E-state index contributed by atoms with van der Waals surface area (Å²) in [5.74, 6) is 0. The highest BCUT2D eigenvalue weighted by molar-refractivity contribution is 9.10. The fraction of sp³-hybridized carbons (Fsp3) is 0.500. The van der Waals surface area contributed by atoms with Gasteiger partial charge in [-0.05, 0) is 36.7 Å². The molecule has 15 heavy (non-hydrogen) atoms. The highest BCUT2D eigenvalue weighted by Gasteiger charge is 2.05. The smallest absolute Gasteiger partial charge is 0.0236 e. The molecule has 0 bridgehead atoms. The zero-order chi connectivity index (χ0) is 11.3. The maximum Gasteiger partial charge on any atom is 0.0236 e. The van der Waals surface area contributed by atoms with Gasteiger partial charge in [0.15, 0.2) is 0 Å². The molecule has 1 aromatic rings. The van der Waals surface area contributed by atoms with Gasteiger partial charge in [0.1, 0.15) is 0 Å². The first-order valence-electron chi connectivity index (χ1n) is 5.34. The third-order valence-corrected chi connectivity index (χ3v) is 3.08. The first-order valence-corrected chi connectivity index (χ1v) is 6.14. The van der Waals surface area contributed by atoms with Crippen LogP contribution in [-0.4, -0.2) is 24.5 Å². The van der Waals surface area contributed by atoms with Crippen molar-refractivity contribution < 1.29 is 0 Å². The Hall–Kier alpha value is -0.380. The first-order chi connectivity index (χ1) is 7.17. The second-order valence-electron chi connectivity index (χ2n) is 3.73. The van der Waals surface area contributed by atoms with Crippen LogP contribution in [-0.2, 0) is 6.54 Å². The molecule has 0 saturated heterocycles. The first kappa shape index (κ1) is 12.7. The van der Waals surface area contributed by atoms with Crippen molar-refractivity contribution >= 4 is 15.9 Å². The van der Waals surface area contributed by atoms with Gasteiger partial charge >= 0.3 is 0 Å². The Morgan fingerprint density at radius 2 is 2.13 bits per heavy atom. The van der Waals surface area contributed by atoms with Crippen LogP contribution < -0.4 is 5.73 Å². The van der Waals surface area contributed by atoms with Gasteiger partial charge in [0.25, 0.3) is 0 Å². The lowest BCUT2D eigenvalue weighted by molar-refractivity contribution is 0.287. The van der Waals surface area contributed by atoms with Crippen LogP contribution in [0.5, 0.6) is 0 Å². The van der Waals surface area contributed by atoms with Crippen molar-refractivity contribution in [3.05, 3.63) is 33.8 Å². The largest absolute Gasteiger partial charge is 0.329 e. The molecule has 0 spiro atoms. The maximum absolute atomic E-state index is 5.57. The molecule has 2 N–H and O–H groups in total. The van der Waals surface area contributed by atoms with E-state index in [1.807, 2.05) is 0 Å². The van der Waals surface area contributed by atoms with Gasteiger partial charge in [-0.15, -0.1) is 0 Å². The Kier molecular flexibility index (Phi) is 5.29. The number of aryl methyl sites for hydroxylation is 1. The highest BCUT2D eigenvalue weighted by Crippen LogP contribution is 2.17. The Bertz CT molecular complexity index is 312. The minimum atomic E-state index is 0.726. The van der Waals surface area contributed by atoms with Gasteiger partial charge in [0.2, 0.25) is 0 Å². The summed E-state index contributed by atoms with van der Waals surface area (Å²) >= 11 is 3.48. The van der Waals surface area contributed by atoms with Gasteiger partial charge in [-0.3, -0.25) is 4.90 Å². The number of halogens is 1. The van der Waals surface area contributed by atoms with Crippen molar-refractivity contribution in [1.82, 2.24) is 4.90 Å². The normalized spacial score (nSPS) is 11.0. The Labute approximate surface area is 101 Å². The molecule has 0 saturated carbocycles.